The molecule has 1 fully saturated rings. The van der Waals surface area contributed by atoms with Gasteiger partial charge in [0, 0.05) is 52.1 Å². The number of nitrogens with one attached hydrogen (secondary N) is 2. The summed E-state index contributed by atoms with van der Waals surface area (Å²) in [4.78, 5) is 73.5. The minimum absolute atomic E-state index is 0. The fourth-order valence-electron chi connectivity index (χ4n) is 5.00. The molecule has 0 radical (unpaired) electrons. The summed E-state index contributed by atoms with van der Waals surface area (Å²) >= 11 is 4.95. The Morgan fingerprint density at radius 1 is 0.685 bits per heavy atom. The highest BCUT2D eigenvalue weighted by molar-refractivity contribution is 8.00. The van der Waals surface area contributed by atoms with Crippen LogP contribution in [-0.2, 0) is 33.6 Å². The van der Waals surface area contributed by atoms with E-state index >= 15 is 0 Å². The van der Waals surface area contributed by atoms with Crippen molar-refractivity contribution in [3.05, 3.63) is 12.2 Å². The van der Waals surface area contributed by atoms with Crippen molar-refractivity contribution < 1.29 is 33.6 Å². The Bertz CT molecular complexity index is 955. The van der Waals surface area contributed by atoms with E-state index < -0.39 is 11.8 Å². The summed E-state index contributed by atoms with van der Waals surface area (Å²) in [7, 11) is 3.17. The van der Waals surface area contributed by atoms with Crippen molar-refractivity contribution in [2.24, 2.45) is 0 Å². The predicted octanol–water partition coefficient (Wildman–Crippen LogP) is 8.85. The number of nitrogens with zero attached hydrogens (tertiary/aromatic N) is 2. The number of thioether (sulfide) groups is 1. The summed E-state index contributed by atoms with van der Waals surface area (Å²) in [6.07, 6.45) is 29.6. The highest BCUT2D eigenvalue weighted by Crippen LogP contribution is 2.23. The molecule has 2 N–H and O–H groups in total. The van der Waals surface area contributed by atoms with E-state index in [1.165, 1.54) is 107 Å². The number of carbonyl (C=O) groups excluding carboxylic acids is 6. The third kappa shape index (κ3) is 33.0. The number of rotatable bonds is 24. The molecule has 6 amide bonds. The Kier molecular flexibility index (Phi) is 46.8. The molecule has 0 aromatic rings. The van der Waals surface area contributed by atoms with Crippen LogP contribution in [0.2, 0.25) is 0 Å². The monoisotopic (exact) mass is 805 g/mol. The molecule has 0 aliphatic carbocycles. The molecule has 318 valence electrons. The van der Waals surface area contributed by atoms with E-state index in [1.54, 1.807) is 20.4 Å². The lowest BCUT2D eigenvalue weighted by atomic mass is 10.1. The second-order valence-corrected chi connectivity index (χ2v) is 13.8. The number of hydrogen-bond donors (Lipinski definition) is 3. The van der Waals surface area contributed by atoms with Crippen molar-refractivity contribution in [1.29, 1.82) is 0 Å². The van der Waals surface area contributed by atoms with Crippen LogP contribution in [0.3, 0.4) is 0 Å². The van der Waals surface area contributed by atoms with Gasteiger partial charge >= 0.3 is 0 Å². The van der Waals surface area contributed by atoms with Crippen LogP contribution in [0.5, 0.6) is 0 Å². The van der Waals surface area contributed by atoms with E-state index in [-0.39, 0.29) is 42.9 Å². The van der Waals surface area contributed by atoms with Crippen LogP contribution in [0.25, 0.3) is 0 Å². The Morgan fingerprint density at radius 3 is 1.43 bits per heavy atom. The molecule has 1 unspecified atom stereocenters. The van der Waals surface area contributed by atoms with Gasteiger partial charge in [0.2, 0.25) is 23.6 Å². The maximum Gasteiger partial charge on any atom is 0.277 e. The van der Waals surface area contributed by atoms with Gasteiger partial charge in [-0.15, -0.1) is 5.06 Å². The van der Waals surface area contributed by atoms with E-state index in [9.17, 15) is 28.8 Å². The molecule has 2 aliphatic heterocycles. The lowest BCUT2D eigenvalue weighted by molar-refractivity contribution is -0.186. The first-order valence-corrected chi connectivity index (χ1v) is 22.2. The quantitative estimate of drug-likeness (QED) is 0.0499. The molecule has 2 aliphatic rings. The van der Waals surface area contributed by atoms with E-state index in [1.807, 2.05) is 6.26 Å². The Hall–Kier alpha value is -2.38. The largest absolute Gasteiger partial charge is 0.359 e. The van der Waals surface area contributed by atoms with Crippen LogP contribution < -0.4 is 10.6 Å². The minimum Gasteiger partial charge on any atom is -0.359 e. The number of imide groups is 2. The lowest BCUT2D eigenvalue weighted by Gasteiger charge is -2.13. The van der Waals surface area contributed by atoms with Gasteiger partial charge in [-0.3, -0.25) is 38.5 Å². The number of likely N-dealkylation sites (tertiary alicyclic amines) is 1. The Balaban J connectivity index is -0.000000314. The average Bonchev–Trinajstić information content (AvgIpc) is 3.65. The molecule has 1 saturated heterocycles. The van der Waals surface area contributed by atoms with E-state index in [0.29, 0.717) is 51.5 Å². The molecule has 11 nitrogen and oxygen atoms in total. The molecule has 2 rings (SSSR count). The van der Waals surface area contributed by atoms with Crippen LogP contribution >= 0.6 is 24.4 Å². The fraction of sp³-hybridized carbons (Fsp3) is 0.805. The summed E-state index contributed by atoms with van der Waals surface area (Å²) in [6.45, 7) is 9.74. The number of unbranched alkanes of at least 4 members (excludes halogenated alkanes) is 14. The molecule has 0 aromatic carbocycles. The van der Waals surface area contributed by atoms with Crippen LogP contribution in [0.1, 0.15) is 170 Å². The van der Waals surface area contributed by atoms with Crippen molar-refractivity contribution in [3.8, 4) is 0 Å². The van der Waals surface area contributed by atoms with Gasteiger partial charge in [0.15, 0.2) is 0 Å². The van der Waals surface area contributed by atoms with Gasteiger partial charge in [0.25, 0.3) is 11.8 Å². The molecular weight excluding hydrogens is 725 g/mol. The molecular formula is C41H80N4O7S2. The van der Waals surface area contributed by atoms with Crippen molar-refractivity contribution in [2.75, 3.05) is 39.8 Å². The molecule has 13 heteroatoms. The second kappa shape index (κ2) is 43.3. The number of carbonyl (C=O) groups is 6. The molecule has 0 bridgehead atoms. The summed E-state index contributed by atoms with van der Waals surface area (Å²) < 4.78 is 0. The van der Waals surface area contributed by atoms with E-state index in [4.69, 9.17) is 4.84 Å². The van der Waals surface area contributed by atoms with Crippen LogP contribution in [0.15, 0.2) is 12.2 Å². The fourth-order valence-corrected chi connectivity index (χ4v) is 5.63. The van der Waals surface area contributed by atoms with Crippen molar-refractivity contribution in [2.45, 2.75) is 175 Å². The standard InChI is InChI=1S/C11H18N2O3S.C10H14N2O4.2C9H20.CH4S.CH4/c1-12-9(14)5-3-4-6-13-10(15)7-8(17-2)11(13)16;1-11-8(13)4-2-3-7-16-12-9(14)5-6-10(12)15;2*1-3-5-7-9-8-6-4-2;1-2;/h8H,3-7H2,1-2H3,(H,12,14);5-6H,2-4,7H2,1H3,(H,11,13);2*3-9H2,1-2H3;2H,1H3;1H4. The first-order valence-electron chi connectivity index (χ1n) is 20.0. The van der Waals surface area contributed by atoms with E-state index in [0.717, 1.165) is 17.2 Å². The molecule has 1 atom stereocenters. The summed E-state index contributed by atoms with van der Waals surface area (Å²) in [5.41, 5.74) is 0. The molecule has 0 spiro atoms. The van der Waals surface area contributed by atoms with E-state index in [2.05, 4.69) is 51.0 Å². The van der Waals surface area contributed by atoms with Gasteiger partial charge in [0.05, 0.1) is 11.9 Å². The number of amides is 6. The van der Waals surface area contributed by atoms with Gasteiger partial charge in [-0.05, 0) is 38.2 Å². The van der Waals surface area contributed by atoms with Gasteiger partial charge < -0.3 is 10.6 Å². The zero-order valence-electron chi connectivity index (χ0n) is 34.6. The minimum atomic E-state index is -0.462. The second-order valence-electron chi connectivity index (χ2n) is 12.7. The highest BCUT2D eigenvalue weighted by Gasteiger charge is 2.37. The molecule has 0 saturated carbocycles. The normalized spacial score (nSPS) is 14.1. The predicted molar refractivity (Wildman–Crippen MR) is 230 cm³/mol. The zero-order chi connectivity index (χ0) is 40.7. The molecule has 2 heterocycles. The highest BCUT2D eigenvalue weighted by atomic mass is 32.2. The van der Waals surface area contributed by atoms with Gasteiger partial charge in [-0.1, -0.05) is 125 Å². The van der Waals surface area contributed by atoms with Crippen LogP contribution in [-0.4, -0.2) is 90.4 Å². The smallest absolute Gasteiger partial charge is 0.277 e. The van der Waals surface area contributed by atoms with Crippen molar-refractivity contribution in [1.82, 2.24) is 20.6 Å². The first kappa shape index (κ1) is 58.3. The van der Waals surface area contributed by atoms with Crippen molar-refractivity contribution in [3.63, 3.8) is 0 Å². The maximum atomic E-state index is 11.7. The summed E-state index contributed by atoms with van der Waals surface area (Å²) in [5.74, 6) is -1.13. The topological polar surface area (TPSA) is 142 Å². The number of thiol groups is 1. The number of hydrogen-bond acceptors (Lipinski definition) is 9. The summed E-state index contributed by atoms with van der Waals surface area (Å²) in [5, 5.41) is 5.56. The van der Waals surface area contributed by atoms with Gasteiger partial charge in [-0.25, -0.2) is 0 Å². The van der Waals surface area contributed by atoms with Gasteiger partial charge in [-0.2, -0.15) is 24.4 Å². The van der Waals surface area contributed by atoms with Crippen molar-refractivity contribution >= 4 is 59.8 Å². The van der Waals surface area contributed by atoms with Crippen LogP contribution in [0, 0.1) is 0 Å². The Labute approximate surface area is 340 Å². The van der Waals surface area contributed by atoms with Crippen LogP contribution in [0.4, 0.5) is 0 Å². The molecule has 0 aromatic heterocycles. The average molecular weight is 805 g/mol. The number of hydroxylamine groups is 2. The third-order valence-electron chi connectivity index (χ3n) is 8.28. The Morgan fingerprint density at radius 2 is 1.07 bits per heavy atom. The first-order chi connectivity index (χ1) is 25.6. The zero-order valence-corrected chi connectivity index (χ0v) is 36.3. The molecule has 54 heavy (non-hydrogen) atoms. The lowest BCUT2D eigenvalue weighted by Crippen LogP contribution is -2.32. The maximum absolute atomic E-state index is 11.7. The van der Waals surface area contributed by atoms with Gasteiger partial charge in [0.1, 0.15) is 0 Å². The SMILES string of the molecule is C.CCCCCCCCC.CCCCCCCCC.CNC(=O)CCCCN1C(=O)CC(SC)C1=O.CNC(=O)CCCCON1C(=O)C=CC1=O.CS. The summed E-state index contributed by atoms with van der Waals surface area (Å²) in [6, 6.07) is 0. The third-order valence-corrected chi connectivity index (χ3v) is 9.22.